The molecular formula is C13H15NO2S. The van der Waals surface area contributed by atoms with E-state index in [9.17, 15) is 4.79 Å². The van der Waals surface area contributed by atoms with Gasteiger partial charge in [0.25, 0.3) is 0 Å². The van der Waals surface area contributed by atoms with Crippen LogP contribution in [0.25, 0.3) is 6.08 Å². The summed E-state index contributed by atoms with van der Waals surface area (Å²) in [5, 5.41) is 2.96. The fourth-order valence-electron chi connectivity index (χ4n) is 1.38. The standard InChI is InChI=1S/C13H15NO2S/c1-5-6-13(16-11(4)15)9(2)7-12-8-17-10(3)14-12/h1,7-8,13H,6H2,2-4H3. The first-order valence-electron chi connectivity index (χ1n) is 5.24. The number of esters is 1. The van der Waals surface area contributed by atoms with Crippen LogP contribution in [0.1, 0.15) is 31.0 Å². The van der Waals surface area contributed by atoms with Crippen LogP contribution in [0.5, 0.6) is 0 Å². The minimum Gasteiger partial charge on any atom is -0.457 e. The van der Waals surface area contributed by atoms with Gasteiger partial charge in [0.1, 0.15) is 6.10 Å². The molecule has 0 aliphatic rings. The van der Waals surface area contributed by atoms with Gasteiger partial charge in [-0.3, -0.25) is 4.79 Å². The van der Waals surface area contributed by atoms with Crippen LogP contribution in [-0.2, 0) is 9.53 Å². The van der Waals surface area contributed by atoms with Crippen LogP contribution in [-0.4, -0.2) is 17.1 Å². The maximum absolute atomic E-state index is 11.0. The molecule has 0 amide bonds. The lowest BCUT2D eigenvalue weighted by Crippen LogP contribution is -2.16. The largest absolute Gasteiger partial charge is 0.457 e. The van der Waals surface area contributed by atoms with Gasteiger partial charge in [-0.2, -0.15) is 0 Å². The number of carbonyl (C=O) groups is 1. The van der Waals surface area contributed by atoms with Crippen molar-refractivity contribution >= 4 is 23.4 Å². The Morgan fingerprint density at radius 3 is 2.88 bits per heavy atom. The van der Waals surface area contributed by atoms with Crippen molar-refractivity contribution < 1.29 is 9.53 Å². The Morgan fingerprint density at radius 2 is 2.41 bits per heavy atom. The average molecular weight is 249 g/mol. The normalized spacial score (nSPS) is 12.9. The molecule has 1 atom stereocenters. The van der Waals surface area contributed by atoms with Crippen LogP contribution in [0, 0.1) is 19.3 Å². The summed E-state index contributed by atoms with van der Waals surface area (Å²) in [5.74, 6) is 2.18. The summed E-state index contributed by atoms with van der Waals surface area (Å²) in [7, 11) is 0. The molecule has 0 radical (unpaired) electrons. The van der Waals surface area contributed by atoms with Gasteiger partial charge in [0.15, 0.2) is 0 Å². The minimum absolute atomic E-state index is 0.326. The molecule has 17 heavy (non-hydrogen) atoms. The number of carbonyl (C=O) groups excluding carboxylic acids is 1. The van der Waals surface area contributed by atoms with Gasteiger partial charge in [-0.1, -0.05) is 0 Å². The van der Waals surface area contributed by atoms with E-state index in [1.807, 2.05) is 25.3 Å². The van der Waals surface area contributed by atoms with Gasteiger partial charge in [0.05, 0.1) is 10.7 Å². The molecule has 0 aliphatic carbocycles. The first-order chi connectivity index (χ1) is 8.02. The van der Waals surface area contributed by atoms with Gasteiger partial charge < -0.3 is 4.74 Å². The quantitative estimate of drug-likeness (QED) is 0.608. The Kier molecular flexibility index (Phi) is 4.92. The van der Waals surface area contributed by atoms with Crippen LogP contribution >= 0.6 is 11.3 Å². The predicted octanol–water partition coefficient (Wildman–Crippen LogP) is 2.81. The Hall–Kier alpha value is -1.60. The molecule has 1 unspecified atom stereocenters. The molecule has 1 heterocycles. The number of thiazole rings is 1. The Morgan fingerprint density at radius 1 is 1.71 bits per heavy atom. The number of rotatable bonds is 4. The molecule has 0 aliphatic heterocycles. The van der Waals surface area contributed by atoms with Gasteiger partial charge in [0, 0.05) is 18.7 Å². The van der Waals surface area contributed by atoms with E-state index in [0.717, 1.165) is 16.3 Å². The van der Waals surface area contributed by atoms with Crippen molar-refractivity contribution in [1.29, 1.82) is 0 Å². The van der Waals surface area contributed by atoms with Crippen molar-refractivity contribution in [2.75, 3.05) is 0 Å². The molecule has 0 bridgehead atoms. The number of aromatic nitrogens is 1. The second kappa shape index (κ2) is 6.21. The second-order valence-electron chi connectivity index (χ2n) is 3.69. The molecule has 0 fully saturated rings. The summed E-state index contributed by atoms with van der Waals surface area (Å²) >= 11 is 1.58. The first kappa shape index (κ1) is 13.5. The van der Waals surface area contributed by atoms with Gasteiger partial charge in [-0.25, -0.2) is 4.98 Å². The molecule has 3 nitrogen and oxygen atoms in total. The topological polar surface area (TPSA) is 39.2 Å². The summed E-state index contributed by atoms with van der Waals surface area (Å²) in [5.41, 5.74) is 1.78. The van der Waals surface area contributed by atoms with Crippen molar-refractivity contribution in [3.63, 3.8) is 0 Å². The molecule has 90 valence electrons. The van der Waals surface area contributed by atoms with Crippen LogP contribution in [0.15, 0.2) is 11.0 Å². The SMILES string of the molecule is C#CCC(OC(C)=O)C(C)=Cc1csc(C)n1. The molecule has 0 saturated carbocycles. The zero-order valence-corrected chi connectivity index (χ0v) is 11.0. The summed E-state index contributed by atoms with van der Waals surface area (Å²) in [6, 6.07) is 0. The van der Waals surface area contributed by atoms with E-state index in [-0.39, 0.29) is 12.1 Å². The lowest BCUT2D eigenvalue weighted by atomic mass is 10.1. The molecule has 1 aromatic rings. The predicted molar refractivity (Wildman–Crippen MR) is 69.5 cm³/mol. The summed E-state index contributed by atoms with van der Waals surface area (Å²) in [4.78, 5) is 15.3. The maximum Gasteiger partial charge on any atom is 0.303 e. The van der Waals surface area contributed by atoms with E-state index >= 15 is 0 Å². The molecule has 0 aromatic carbocycles. The summed E-state index contributed by atoms with van der Waals surface area (Å²) in [6.07, 6.45) is 7.17. The van der Waals surface area contributed by atoms with Gasteiger partial charge in [-0.05, 0) is 25.5 Å². The highest BCUT2D eigenvalue weighted by molar-refractivity contribution is 7.09. The zero-order chi connectivity index (χ0) is 12.8. The van der Waals surface area contributed by atoms with E-state index in [1.54, 1.807) is 11.3 Å². The van der Waals surface area contributed by atoms with E-state index in [2.05, 4.69) is 10.9 Å². The highest BCUT2D eigenvalue weighted by Crippen LogP contribution is 2.16. The number of hydrogen-bond donors (Lipinski definition) is 0. The zero-order valence-electron chi connectivity index (χ0n) is 10.2. The van der Waals surface area contributed by atoms with Crippen molar-refractivity contribution in [1.82, 2.24) is 4.98 Å². The summed E-state index contributed by atoms with van der Waals surface area (Å²) < 4.78 is 5.16. The van der Waals surface area contributed by atoms with Gasteiger partial charge in [0.2, 0.25) is 0 Å². The van der Waals surface area contributed by atoms with Crippen molar-refractivity contribution in [3.8, 4) is 12.3 Å². The number of ether oxygens (including phenoxy) is 1. The van der Waals surface area contributed by atoms with Crippen LogP contribution in [0.3, 0.4) is 0 Å². The fraction of sp³-hybridized carbons (Fsp3) is 0.385. The second-order valence-corrected chi connectivity index (χ2v) is 4.75. The third-order valence-corrected chi connectivity index (χ3v) is 2.92. The number of hydrogen-bond acceptors (Lipinski definition) is 4. The highest BCUT2D eigenvalue weighted by Gasteiger charge is 2.13. The first-order valence-corrected chi connectivity index (χ1v) is 6.12. The molecule has 0 spiro atoms. The van der Waals surface area contributed by atoms with E-state index < -0.39 is 0 Å². The Labute approximate surface area is 106 Å². The number of aryl methyl sites for hydroxylation is 1. The van der Waals surface area contributed by atoms with Gasteiger partial charge >= 0.3 is 5.97 Å². The van der Waals surface area contributed by atoms with Crippen LogP contribution in [0.4, 0.5) is 0 Å². The lowest BCUT2D eigenvalue weighted by Gasteiger charge is -2.14. The van der Waals surface area contributed by atoms with E-state index in [0.29, 0.717) is 6.42 Å². The lowest BCUT2D eigenvalue weighted by molar-refractivity contribution is -0.144. The molecule has 4 heteroatoms. The Bertz CT molecular complexity index is 468. The average Bonchev–Trinajstić information content (AvgIpc) is 2.62. The smallest absolute Gasteiger partial charge is 0.303 e. The summed E-state index contributed by atoms with van der Waals surface area (Å²) in [6.45, 7) is 5.21. The van der Waals surface area contributed by atoms with E-state index in [4.69, 9.17) is 11.2 Å². The molecule has 1 rings (SSSR count). The van der Waals surface area contributed by atoms with Crippen LogP contribution < -0.4 is 0 Å². The van der Waals surface area contributed by atoms with Crippen molar-refractivity contribution in [2.45, 2.75) is 33.3 Å². The van der Waals surface area contributed by atoms with Crippen molar-refractivity contribution in [3.05, 3.63) is 21.7 Å². The van der Waals surface area contributed by atoms with Gasteiger partial charge in [-0.15, -0.1) is 23.7 Å². The number of nitrogens with zero attached hydrogens (tertiary/aromatic N) is 1. The molecule has 0 saturated heterocycles. The fourth-order valence-corrected chi connectivity index (χ4v) is 1.95. The molecule has 0 N–H and O–H groups in total. The maximum atomic E-state index is 11.0. The minimum atomic E-state index is -0.362. The van der Waals surface area contributed by atoms with E-state index in [1.165, 1.54) is 6.92 Å². The third-order valence-electron chi connectivity index (χ3n) is 2.13. The van der Waals surface area contributed by atoms with Crippen molar-refractivity contribution in [2.24, 2.45) is 0 Å². The number of terminal acetylenes is 1. The Balaban J connectivity index is 2.83. The highest BCUT2D eigenvalue weighted by atomic mass is 32.1. The molecular weight excluding hydrogens is 234 g/mol. The molecule has 1 aromatic heterocycles. The monoisotopic (exact) mass is 249 g/mol. The van der Waals surface area contributed by atoms with Crippen LogP contribution in [0.2, 0.25) is 0 Å². The third kappa shape index (κ3) is 4.41.